The normalized spacial score (nSPS) is 10.5. The molecule has 2 aromatic heterocycles. The first-order chi connectivity index (χ1) is 8.08. The molecule has 90 valence electrons. The molecule has 0 aliphatic heterocycles. The average Bonchev–Trinajstić information content (AvgIpc) is 2.86. The lowest BCUT2D eigenvalue weighted by atomic mass is 10.2. The van der Waals surface area contributed by atoms with Crippen molar-refractivity contribution in [3.8, 4) is 0 Å². The minimum Gasteiger partial charge on any atom is -0.469 e. The second-order valence-electron chi connectivity index (χ2n) is 3.81. The number of carbonyl (C=O) groups is 1. The van der Waals surface area contributed by atoms with Crippen molar-refractivity contribution in [1.29, 1.82) is 0 Å². The summed E-state index contributed by atoms with van der Waals surface area (Å²) in [6.07, 6.45) is 1.54. The molecule has 2 rings (SSSR count). The van der Waals surface area contributed by atoms with Crippen LogP contribution in [0.3, 0.4) is 0 Å². The summed E-state index contributed by atoms with van der Waals surface area (Å²) in [7, 11) is 1.79. The SMILES string of the molecule is Cc1occc1C(=O)N(C)Cc1csc(Br)c1. The molecule has 0 spiro atoms. The van der Waals surface area contributed by atoms with Crippen molar-refractivity contribution in [3.63, 3.8) is 0 Å². The number of carbonyl (C=O) groups excluding carboxylic acids is 1. The Hall–Kier alpha value is -1.07. The maximum Gasteiger partial charge on any atom is 0.257 e. The number of aryl methyl sites for hydroxylation is 1. The molecule has 0 saturated carbocycles. The van der Waals surface area contributed by atoms with E-state index in [4.69, 9.17) is 4.42 Å². The highest BCUT2D eigenvalue weighted by atomic mass is 79.9. The minimum atomic E-state index is -0.0152. The third kappa shape index (κ3) is 2.79. The summed E-state index contributed by atoms with van der Waals surface area (Å²) in [5, 5.41) is 2.04. The topological polar surface area (TPSA) is 33.5 Å². The van der Waals surface area contributed by atoms with Crippen molar-refractivity contribution >= 4 is 33.2 Å². The molecule has 0 saturated heterocycles. The summed E-state index contributed by atoms with van der Waals surface area (Å²) in [4.78, 5) is 13.8. The summed E-state index contributed by atoms with van der Waals surface area (Å²) >= 11 is 5.03. The van der Waals surface area contributed by atoms with Gasteiger partial charge in [0.05, 0.1) is 15.6 Å². The van der Waals surface area contributed by atoms with Gasteiger partial charge >= 0.3 is 0 Å². The van der Waals surface area contributed by atoms with E-state index in [0.29, 0.717) is 17.9 Å². The molecule has 0 unspecified atom stereocenters. The highest BCUT2D eigenvalue weighted by Gasteiger charge is 2.16. The Labute approximate surface area is 112 Å². The first kappa shape index (κ1) is 12.4. The van der Waals surface area contributed by atoms with Gasteiger partial charge in [-0.1, -0.05) is 0 Å². The van der Waals surface area contributed by atoms with Crippen molar-refractivity contribution in [3.05, 3.63) is 44.4 Å². The van der Waals surface area contributed by atoms with Crippen LogP contribution >= 0.6 is 27.3 Å². The van der Waals surface area contributed by atoms with Gasteiger partial charge in [-0.25, -0.2) is 0 Å². The Kier molecular flexibility index (Phi) is 3.69. The van der Waals surface area contributed by atoms with Crippen molar-refractivity contribution in [2.45, 2.75) is 13.5 Å². The van der Waals surface area contributed by atoms with E-state index in [1.165, 1.54) is 6.26 Å². The summed E-state index contributed by atoms with van der Waals surface area (Å²) < 4.78 is 6.21. The Morgan fingerprint density at radius 1 is 1.59 bits per heavy atom. The Bertz CT molecular complexity index is 532. The molecule has 0 aromatic carbocycles. The molecule has 2 aromatic rings. The van der Waals surface area contributed by atoms with Gasteiger partial charge in [-0.05, 0) is 45.9 Å². The molecule has 0 N–H and O–H groups in total. The summed E-state index contributed by atoms with van der Waals surface area (Å²) in [5.74, 6) is 0.645. The van der Waals surface area contributed by atoms with Gasteiger partial charge in [-0.2, -0.15) is 0 Å². The van der Waals surface area contributed by atoms with Gasteiger partial charge < -0.3 is 9.32 Å². The van der Waals surface area contributed by atoms with Gasteiger partial charge in [0.25, 0.3) is 5.91 Å². The van der Waals surface area contributed by atoms with Crippen LogP contribution in [0.15, 0.2) is 32.0 Å². The lowest BCUT2D eigenvalue weighted by molar-refractivity contribution is 0.0783. The van der Waals surface area contributed by atoms with Crippen LogP contribution in [-0.4, -0.2) is 17.9 Å². The van der Waals surface area contributed by atoms with Gasteiger partial charge in [0.1, 0.15) is 5.76 Å². The highest BCUT2D eigenvalue weighted by Crippen LogP contribution is 2.22. The number of thiophene rings is 1. The van der Waals surface area contributed by atoms with Gasteiger partial charge in [0.15, 0.2) is 0 Å². The lowest BCUT2D eigenvalue weighted by Gasteiger charge is -2.15. The van der Waals surface area contributed by atoms with Crippen LogP contribution in [0.5, 0.6) is 0 Å². The molecule has 1 amide bonds. The molecule has 0 aliphatic carbocycles. The molecule has 0 fully saturated rings. The van der Waals surface area contributed by atoms with Crippen molar-refractivity contribution < 1.29 is 9.21 Å². The number of hydrogen-bond donors (Lipinski definition) is 0. The predicted molar refractivity (Wildman–Crippen MR) is 71.3 cm³/mol. The number of rotatable bonds is 3. The van der Waals surface area contributed by atoms with Crippen molar-refractivity contribution in [2.24, 2.45) is 0 Å². The van der Waals surface area contributed by atoms with Crippen LogP contribution in [0, 0.1) is 6.92 Å². The zero-order valence-electron chi connectivity index (χ0n) is 9.57. The van der Waals surface area contributed by atoms with E-state index >= 15 is 0 Å². The Morgan fingerprint density at radius 3 is 2.88 bits per heavy atom. The summed E-state index contributed by atoms with van der Waals surface area (Å²) in [6.45, 7) is 2.40. The number of amides is 1. The van der Waals surface area contributed by atoms with E-state index in [0.717, 1.165) is 9.35 Å². The third-order valence-corrected chi connectivity index (χ3v) is 4.03. The molecule has 2 heterocycles. The molecule has 0 radical (unpaired) electrons. The van der Waals surface area contributed by atoms with Gasteiger partial charge in [0, 0.05) is 13.6 Å². The highest BCUT2D eigenvalue weighted by molar-refractivity contribution is 9.11. The van der Waals surface area contributed by atoms with Crippen molar-refractivity contribution in [2.75, 3.05) is 7.05 Å². The van der Waals surface area contributed by atoms with E-state index in [9.17, 15) is 4.79 Å². The van der Waals surface area contributed by atoms with Gasteiger partial charge in [-0.3, -0.25) is 4.79 Å². The summed E-state index contributed by atoms with van der Waals surface area (Å²) in [5.41, 5.74) is 1.75. The fraction of sp³-hybridized carbons (Fsp3) is 0.250. The van der Waals surface area contributed by atoms with E-state index in [1.807, 2.05) is 11.4 Å². The summed E-state index contributed by atoms with van der Waals surface area (Å²) in [6, 6.07) is 3.73. The quantitative estimate of drug-likeness (QED) is 0.866. The van der Waals surface area contributed by atoms with Gasteiger partial charge in [0.2, 0.25) is 0 Å². The fourth-order valence-electron chi connectivity index (χ4n) is 1.59. The van der Waals surface area contributed by atoms with Crippen LogP contribution in [-0.2, 0) is 6.54 Å². The van der Waals surface area contributed by atoms with Crippen LogP contribution < -0.4 is 0 Å². The molecular formula is C12H12BrNO2S. The lowest BCUT2D eigenvalue weighted by Crippen LogP contribution is -2.26. The molecule has 0 aliphatic rings. The second kappa shape index (κ2) is 5.06. The van der Waals surface area contributed by atoms with Crippen LogP contribution in [0.25, 0.3) is 0 Å². The monoisotopic (exact) mass is 313 g/mol. The zero-order valence-corrected chi connectivity index (χ0v) is 12.0. The van der Waals surface area contributed by atoms with Gasteiger partial charge in [-0.15, -0.1) is 11.3 Å². The first-order valence-corrected chi connectivity index (χ1v) is 6.77. The molecule has 17 heavy (non-hydrogen) atoms. The maximum atomic E-state index is 12.1. The number of halogens is 1. The molecule has 3 nitrogen and oxygen atoms in total. The largest absolute Gasteiger partial charge is 0.469 e. The van der Waals surface area contributed by atoms with E-state index in [1.54, 1.807) is 36.3 Å². The number of furan rings is 1. The smallest absolute Gasteiger partial charge is 0.257 e. The first-order valence-electron chi connectivity index (χ1n) is 5.10. The van der Waals surface area contributed by atoms with E-state index in [-0.39, 0.29) is 5.91 Å². The third-order valence-electron chi connectivity index (χ3n) is 2.48. The standard InChI is InChI=1S/C12H12BrNO2S/c1-8-10(3-4-16-8)12(15)14(2)6-9-5-11(13)17-7-9/h3-5,7H,6H2,1-2H3. The minimum absolute atomic E-state index is 0.0152. The van der Waals surface area contributed by atoms with Crippen molar-refractivity contribution in [1.82, 2.24) is 4.90 Å². The van der Waals surface area contributed by atoms with E-state index in [2.05, 4.69) is 15.9 Å². The number of nitrogens with zero attached hydrogens (tertiary/aromatic N) is 1. The Morgan fingerprint density at radius 2 is 2.35 bits per heavy atom. The maximum absolute atomic E-state index is 12.1. The second-order valence-corrected chi connectivity index (χ2v) is 6.10. The molecular weight excluding hydrogens is 302 g/mol. The zero-order chi connectivity index (χ0) is 12.4. The molecule has 0 atom stereocenters. The van der Waals surface area contributed by atoms with Crippen LogP contribution in [0.1, 0.15) is 21.7 Å². The fourth-order valence-corrected chi connectivity index (χ4v) is 2.79. The average molecular weight is 314 g/mol. The Balaban J connectivity index is 2.08. The molecule has 0 bridgehead atoms. The van der Waals surface area contributed by atoms with Crippen LogP contribution in [0.4, 0.5) is 0 Å². The van der Waals surface area contributed by atoms with E-state index < -0.39 is 0 Å². The predicted octanol–water partition coefficient (Wildman–Crippen LogP) is 3.68. The molecule has 5 heteroatoms. The van der Waals surface area contributed by atoms with Crippen LogP contribution in [0.2, 0.25) is 0 Å². The number of hydrogen-bond acceptors (Lipinski definition) is 3.